The van der Waals surface area contributed by atoms with Gasteiger partial charge in [0.2, 0.25) is 11.8 Å². The molecule has 0 radical (unpaired) electrons. The number of hydrogen-bond acceptors (Lipinski definition) is 3. The summed E-state index contributed by atoms with van der Waals surface area (Å²) in [6.07, 6.45) is 3.50. The maximum absolute atomic E-state index is 12.4. The molecule has 1 aromatic rings. The van der Waals surface area contributed by atoms with Crippen LogP contribution in [0.2, 0.25) is 0 Å². The molecule has 1 N–H and O–H groups in total. The molecule has 0 atom stereocenters. The second-order valence-corrected chi connectivity index (χ2v) is 6.86. The number of rotatable bonds is 4. The van der Waals surface area contributed by atoms with E-state index in [1.807, 2.05) is 49.3 Å². The van der Waals surface area contributed by atoms with Crippen LogP contribution in [0.5, 0.6) is 0 Å². The zero-order valence-corrected chi connectivity index (χ0v) is 14.3. The molecule has 0 unspecified atom stereocenters. The number of amides is 2. The van der Waals surface area contributed by atoms with Crippen molar-refractivity contribution in [1.29, 1.82) is 0 Å². The molecule has 0 aromatic heterocycles. The number of nitrogens with zero attached hydrogens (tertiary/aromatic N) is 1. The van der Waals surface area contributed by atoms with Gasteiger partial charge < -0.3 is 10.2 Å². The highest BCUT2D eigenvalue weighted by Gasteiger charge is 2.28. The van der Waals surface area contributed by atoms with Gasteiger partial charge in [0.05, 0.1) is 0 Å². The Morgan fingerprint density at radius 3 is 2.55 bits per heavy atom. The number of nitrogens with one attached hydrogen (secondary N) is 1. The Balaban J connectivity index is 1.88. The van der Waals surface area contributed by atoms with Crippen LogP contribution in [0.1, 0.15) is 26.7 Å². The monoisotopic (exact) mass is 320 g/mol. The van der Waals surface area contributed by atoms with Gasteiger partial charge >= 0.3 is 0 Å². The predicted molar refractivity (Wildman–Crippen MR) is 91.0 cm³/mol. The Morgan fingerprint density at radius 2 is 1.95 bits per heavy atom. The number of carbonyl (C=O) groups excluding carboxylic acids is 2. The number of piperidine rings is 1. The van der Waals surface area contributed by atoms with Gasteiger partial charge in [-0.05, 0) is 37.3 Å². The van der Waals surface area contributed by atoms with Crippen molar-refractivity contribution in [2.45, 2.75) is 31.6 Å². The van der Waals surface area contributed by atoms with Crippen molar-refractivity contribution in [3.8, 4) is 0 Å². The van der Waals surface area contributed by atoms with E-state index in [4.69, 9.17) is 0 Å². The number of carbonyl (C=O) groups is 2. The molecular weight excluding hydrogens is 296 g/mol. The lowest BCUT2D eigenvalue weighted by molar-refractivity contribution is -0.137. The molecule has 1 aliphatic heterocycles. The summed E-state index contributed by atoms with van der Waals surface area (Å²) in [6.45, 7) is 5.19. The van der Waals surface area contributed by atoms with Gasteiger partial charge in [0, 0.05) is 35.5 Å². The third-order valence-corrected chi connectivity index (χ3v) is 4.73. The van der Waals surface area contributed by atoms with Crippen molar-refractivity contribution in [3.63, 3.8) is 0 Å². The fraction of sp³-hybridized carbons (Fsp3) is 0.529. The first-order valence-corrected chi connectivity index (χ1v) is 8.97. The van der Waals surface area contributed by atoms with Gasteiger partial charge in [-0.25, -0.2) is 0 Å². The Labute approximate surface area is 136 Å². The Hall–Kier alpha value is -1.49. The van der Waals surface area contributed by atoms with Crippen LogP contribution < -0.4 is 5.32 Å². The lowest BCUT2D eigenvalue weighted by atomic mass is 9.95. The summed E-state index contributed by atoms with van der Waals surface area (Å²) < 4.78 is 0. The first kappa shape index (κ1) is 16.9. The lowest BCUT2D eigenvalue weighted by Gasteiger charge is -2.32. The van der Waals surface area contributed by atoms with Crippen molar-refractivity contribution >= 4 is 29.3 Å². The summed E-state index contributed by atoms with van der Waals surface area (Å²) >= 11 is 1.66. The molecule has 0 aliphatic carbocycles. The van der Waals surface area contributed by atoms with Gasteiger partial charge in [0.1, 0.15) is 0 Å². The SMILES string of the molecule is CSc1cccc(NC(=O)C2CCN(C(=O)C(C)C)CC2)c1. The summed E-state index contributed by atoms with van der Waals surface area (Å²) in [5.74, 6) is 0.273. The van der Waals surface area contributed by atoms with Crippen LogP contribution in [0, 0.1) is 11.8 Å². The molecule has 120 valence electrons. The second kappa shape index (κ2) is 7.68. The molecule has 1 fully saturated rings. The third kappa shape index (κ3) is 4.26. The molecule has 1 saturated heterocycles. The minimum atomic E-state index is -0.00542. The number of hydrogen-bond donors (Lipinski definition) is 1. The van der Waals surface area contributed by atoms with E-state index in [1.165, 1.54) is 0 Å². The van der Waals surface area contributed by atoms with Crippen LogP contribution >= 0.6 is 11.8 Å². The van der Waals surface area contributed by atoms with Crippen molar-refractivity contribution in [2.24, 2.45) is 11.8 Å². The van der Waals surface area contributed by atoms with Gasteiger partial charge in [0.15, 0.2) is 0 Å². The first-order valence-electron chi connectivity index (χ1n) is 7.75. The topological polar surface area (TPSA) is 49.4 Å². The quantitative estimate of drug-likeness (QED) is 0.867. The zero-order chi connectivity index (χ0) is 16.1. The lowest BCUT2D eigenvalue weighted by Crippen LogP contribution is -2.43. The molecule has 0 saturated carbocycles. The molecule has 2 rings (SSSR count). The maximum Gasteiger partial charge on any atom is 0.227 e. The molecule has 4 nitrogen and oxygen atoms in total. The second-order valence-electron chi connectivity index (χ2n) is 5.98. The molecule has 1 heterocycles. The molecular formula is C17H24N2O2S. The maximum atomic E-state index is 12.4. The van der Waals surface area contributed by atoms with Crippen molar-refractivity contribution < 1.29 is 9.59 Å². The predicted octanol–water partition coefficient (Wildman–Crippen LogP) is 3.24. The van der Waals surface area contributed by atoms with E-state index >= 15 is 0 Å². The summed E-state index contributed by atoms with van der Waals surface area (Å²) in [5.41, 5.74) is 0.845. The van der Waals surface area contributed by atoms with E-state index in [2.05, 4.69) is 5.32 Å². The average molecular weight is 320 g/mol. The van der Waals surface area contributed by atoms with E-state index < -0.39 is 0 Å². The van der Waals surface area contributed by atoms with E-state index in [0.717, 1.165) is 23.4 Å². The van der Waals surface area contributed by atoms with Crippen LogP contribution in [0.25, 0.3) is 0 Å². The van der Waals surface area contributed by atoms with Crippen molar-refractivity contribution in [2.75, 3.05) is 24.7 Å². The largest absolute Gasteiger partial charge is 0.342 e. The van der Waals surface area contributed by atoms with Crippen molar-refractivity contribution in [3.05, 3.63) is 24.3 Å². The Bertz CT molecular complexity index is 537. The van der Waals surface area contributed by atoms with Gasteiger partial charge in [-0.2, -0.15) is 0 Å². The van der Waals surface area contributed by atoms with E-state index in [-0.39, 0.29) is 23.7 Å². The standard InChI is InChI=1S/C17H24N2O2S/c1-12(2)17(21)19-9-7-13(8-10-19)16(20)18-14-5-4-6-15(11-14)22-3/h4-6,11-13H,7-10H2,1-3H3,(H,18,20). The van der Waals surface area contributed by atoms with Gasteiger partial charge in [-0.15, -0.1) is 11.8 Å². The van der Waals surface area contributed by atoms with Gasteiger partial charge in [0.25, 0.3) is 0 Å². The fourth-order valence-corrected chi connectivity index (χ4v) is 3.13. The minimum Gasteiger partial charge on any atom is -0.342 e. The summed E-state index contributed by atoms with van der Waals surface area (Å²) in [7, 11) is 0. The van der Waals surface area contributed by atoms with Crippen LogP contribution in [0.4, 0.5) is 5.69 Å². The van der Waals surface area contributed by atoms with E-state index in [1.54, 1.807) is 11.8 Å². The average Bonchev–Trinajstić information content (AvgIpc) is 2.54. The van der Waals surface area contributed by atoms with Crippen LogP contribution in [0.3, 0.4) is 0 Å². The van der Waals surface area contributed by atoms with Gasteiger partial charge in [-0.1, -0.05) is 19.9 Å². The normalized spacial score (nSPS) is 15.9. The number of anilines is 1. The van der Waals surface area contributed by atoms with Gasteiger partial charge in [-0.3, -0.25) is 9.59 Å². The Morgan fingerprint density at radius 1 is 1.27 bits per heavy atom. The van der Waals surface area contributed by atoms with Crippen LogP contribution in [-0.4, -0.2) is 36.1 Å². The van der Waals surface area contributed by atoms with Crippen molar-refractivity contribution in [1.82, 2.24) is 4.90 Å². The summed E-state index contributed by atoms with van der Waals surface area (Å²) in [5, 5.41) is 3.00. The van der Waals surface area contributed by atoms with E-state index in [9.17, 15) is 9.59 Å². The molecule has 1 aromatic carbocycles. The number of thioether (sulfide) groups is 1. The summed E-state index contributed by atoms with van der Waals surface area (Å²) in [6, 6.07) is 7.87. The van der Waals surface area contributed by atoms with E-state index in [0.29, 0.717) is 13.1 Å². The van der Waals surface area contributed by atoms with Crippen LogP contribution in [-0.2, 0) is 9.59 Å². The zero-order valence-electron chi connectivity index (χ0n) is 13.5. The highest BCUT2D eigenvalue weighted by molar-refractivity contribution is 7.98. The molecule has 0 spiro atoms. The highest BCUT2D eigenvalue weighted by Crippen LogP contribution is 2.23. The smallest absolute Gasteiger partial charge is 0.227 e. The fourth-order valence-electron chi connectivity index (χ4n) is 2.67. The number of benzene rings is 1. The molecule has 2 amide bonds. The minimum absolute atomic E-state index is 0.00542. The molecule has 22 heavy (non-hydrogen) atoms. The first-order chi connectivity index (χ1) is 10.5. The third-order valence-electron chi connectivity index (χ3n) is 4.01. The Kier molecular flexibility index (Phi) is 5.89. The number of likely N-dealkylation sites (tertiary alicyclic amines) is 1. The molecule has 5 heteroatoms. The molecule has 1 aliphatic rings. The summed E-state index contributed by atoms with van der Waals surface area (Å²) in [4.78, 5) is 27.3. The molecule has 0 bridgehead atoms. The highest BCUT2D eigenvalue weighted by atomic mass is 32.2. The van der Waals surface area contributed by atoms with Crippen LogP contribution in [0.15, 0.2) is 29.2 Å².